The first-order valence-corrected chi connectivity index (χ1v) is 25.0. The van der Waals surface area contributed by atoms with Crippen molar-refractivity contribution in [1.82, 2.24) is 39.7 Å². The number of rotatable bonds is 8. The fourth-order valence-electron chi connectivity index (χ4n) is 8.76. The van der Waals surface area contributed by atoms with E-state index in [0.29, 0.717) is 74.9 Å². The van der Waals surface area contributed by atoms with Gasteiger partial charge in [0, 0.05) is 93.2 Å². The molecule has 2 atom stereocenters. The van der Waals surface area contributed by atoms with Crippen molar-refractivity contribution in [2.45, 2.75) is 90.8 Å². The summed E-state index contributed by atoms with van der Waals surface area (Å²) in [5, 5.41) is 12.6. The molecule has 6 aromatic rings. The second-order valence-corrected chi connectivity index (χ2v) is 20.7. The Morgan fingerprint density at radius 3 is 1.64 bits per heavy atom. The summed E-state index contributed by atoms with van der Waals surface area (Å²) in [5.41, 5.74) is 4.04. The molecule has 4 amide bonds. The molecule has 18 nitrogen and oxygen atoms in total. The number of carbonyl (C=O) groups excluding carboxylic acids is 2. The predicted octanol–water partition coefficient (Wildman–Crippen LogP) is 9.36. The Balaban J connectivity index is 0.000000178. The highest BCUT2D eigenvalue weighted by atomic mass is 79.9. The van der Waals surface area contributed by atoms with Crippen LogP contribution in [0, 0.1) is 25.7 Å². The number of nitrogens with one attached hydrogen (secondary N) is 6. The van der Waals surface area contributed by atoms with E-state index >= 15 is 0 Å². The third-order valence-electron chi connectivity index (χ3n) is 13.6. The van der Waals surface area contributed by atoms with Gasteiger partial charge in [-0.05, 0) is 135 Å². The van der Waals surface area contributed by atoms with E-state index in [1.807, 2.05) is 47.6 Å². The largest absolute Gasteiger partial charge is 0.495 e. The third-order valence-corrected chi connectivity index (χ3v) is 14.2. The van der Waals surface area contributed by atoms with Crippen LogP contribution >= 0.6 is 15.9 Å². The number of hydrogen-bond acceptors (Lipinski definition) is 12. The summed E-state index contributed by atoms with van der Waals surface area (Å²) in [7, 11) is 2.84. The Hall–Kier alpha value is -6.80. The van der Waals surface area contributed by atoms with Crippen molar-refractivity contribution in [1.29, 1.82) is 0 Å². The molecular formula is C50H58BBrF6N12O6. The van der Waals surface area contributed by atoms with E-state index in [1.165, 1.54) is 9.80 Å². The molecule has 0 bridgehead atoms. The number of urea groups is 2. The summed E-state index contributed by atoms with van der Waals surface area (Å²) in [6, 6.07) is 13.1. The zero-order valence-corrected chi connectivity index (χ0v) is 44.5. The molecule has 3 aliphatic rings. The number of halogens is 7. The van der Waals surface area contributed by atoms with Gasteiger partial charge in [-0.3, -0.25) is 9.59 Å². The van der Waals surface area contributed by atoms with Gasteiger partial charge in [-0.1, -0.05) is 17.7 Å². The second-order valence-electron chi connectivity index (χ2n) is 19.8. The molecule has 406 valence electrons. The number of hydrogen-bond donors (Lipinski definition) is 6. The molecule has 0 unspecified atom stereocenters. The molecule has 0 saturated carbocycles. The molecular weight excluding hydrogens is 1070 g/mol. The molecule has 6 N–H and O–H groups in total. The average Bonchev–Trinajstić information content (AvgIpc) is 4.06. The number of anilines is 4. The van der Waals surface area contributed by atoms with Gasteiger partial charge in [-0.25, -0.2) is 19.6 Å². The molecule has 0 spiro atoms. The average molecular weight is 1130 g/mol. The Labute approximate surface area is 441 Å². The van der Waals surface area contributed by atoms with Crippen molar-refractivity contribution in [2.75, 3.05) is 61.5 Å². The van der Waals surface area contributed by atoms with E-state index in [1.54, 1.807) is 69.0 Å². The van der Waals surface area contributed by atoms with E-state index in [4.69, 9.17) is 9.31 Å². The van der Waals surface area contributed by atoms with Crippen molar-refractivity contribution in [2.24, 2.45) is 11.8 Å². The molecule has 4 aromatic heterocycles. The van der Waals surface area contributed by atoms with Crippen molar-refractivity contribution >= 4 is 85.9 Å². The number of benzene rings is 2. The Morgan fingerprint density at radius 1 is 0.697 bits per heavy atom. The highest BCUT2D eigenvalue weighted by Gasteiger charge is 2.52. The number of amides is 4. The van der Waals surface area contributed by atoms with Crippen LogP contribution in [0.3, 0.4) is 0 Å². The highest BCUT2D eigenvalue weighted by Crippen LogP contribution is 2.37. The molecule has 2 aromatic carbocycles. The van der Waals surface area contributed by atoms with Crippen LogP contribution in [0.2, 0.25) is 0 Å². The quantitative estimate of drug-likeness (QED) is 0.0620. The minimum atomic E-state index is -4.24. The van der Waals surface area contributed by atoms with Crippen molar-refractivity contribution in [3.8, 4) is 11.1 Å². The lowest BCUT2D eigenvalue weighted by Gasteiger charge is -2.32. The number of alkyl halides is 6. The van der Waals surface area contributed by atoms with E-state index in [0.717, 1.165) is 22.0 Å². The number of pyridine rings is 2. The van der Waals surface area contributed by atoms with Crippen LogP contribution < -0.4 is 37.8 Å². The zero-order valence-electron chi connectivity index (χ0n) is 42.9. The van der Waals surface area contributed by atoms with Crippen LogP contribution in [0.5, 0.6) is 0 Å². The van der Waals surface area contributed by atoms with Gasteiger partial charge in [-0.2, -0.15) is 36.3 Å². The minimum Gasteiger partial charge on any atom is -0.399 e. The van der Waals surface area contributed by atoms with Crippen molar-refractivity contribution in [3.63, 3.8) is 0 Å². The van der Waals surface area contributed by atoms with Crippen LogP contribution in [0.1, 0.15) is 64.5 Å². The summed E-state index contributed by atoms with van der Waals surface area (Å²) in [6.07, 6.45) is -6.27. The van der Waals surface area contributed by atoms with Crippen LogP contribution in [0.25, 0.3) is 33.2 Å². The summed E-state index contributed by atoms with van der Waals surface area (Å²) in [6.45, 7) is 12.4. The van der Waals surface area contributed by atoms with Gasteiger partial charge in [0.2, 0.25) is 11.9 Å². The normalized spacial score (nSPS) is 18.0. The standard InChI is InChI=1S/C22H23F3N6O2.C20H28BF3N2O3.C8H7BrN4O/c1-12-3-4-15(28-21(33)31-6-5-13(11-31)9-22(23,24)25)8-16(12)17-7-14-10-27-20(26-2)30-18(14)29-19(17)32;1-13-6-7-15(10-16(13)21-28-18(2,3)19(4,5)29-21)25-17(27)26-9-8-14(12-26)11-20(22,23)24;1-10-8-11-3-4-2-5(9)7(14)12-6(4)13-8/h3-4,7-8,10,13H,5-6,9,11H2,1-2H3,(H,28,33)(H2,26,27,29,30,32);6-7,10,14H,8-9,11-12H2,1-5H3,(H,25,27);2-3H,1H3,(H2,10,11,12,13,14)/t13-;14-;/m00./s1. The number of nitrogens with zero attached hydrogens (tertiary/aromatic N) is 6. The molecule has 3 fully saturated rings. The number of aromatic amines is 2. The lowest BCUT2D eigenvalue weighted by Crippen LogP contribution is -2.41. The van der Waals surface area contributed by atoms with Crippen molar-refractivity contribution in [3.05, 3.63) is 97.2 Å². The van der Waals surface area contributed by atoms with Gasteiger partial charge in [0.05, 0.1) is 15.7 Å². The summed E-state index contributed by atoms with van der Waals surface area (Å²) in [5.74, 6) is -0.271. The summed E-state index contributed by atoms with van der Waals surface area (Å²) in [4.78, 5) is 73.9. The number of aromatic nitrogens is 6. The monoisotopic (exact) mass is 1130 g/mol. The SMILES string of the molecule is CNc1ncc2cc(-c3cc(NC(=O)N4CC[C@@H](CC(F)(F)F)C4)ccc3C)c(=O)[nH]c2n1.CNc1ncc2cc(Br)c(=O)[nH]c2n1.Cc1ccc(NC(=O)N2CC[C@@H](CC(F)(F)F)C2)cc1B1OC(C)(C)C(C)(C)O1. The number of likely N-dealkylation sites (tertiary alicyclic amines) is 2. The molecule has 76 heavy (non-hydrogen) atoms. The first kappa shape index (κ1) is 56.9. The van der Waals surface area contributed by atoms with Gasteiger partial charge in [0.25, 0.3) is 11.1 Å². The van der Waals surface area contributed by atoms with Gasteiger partial charge >= 0.3 is 31.5 Å². The first-order valence-electron chi connectivity index (χ1n) is 24.2. The lowest BCUT2D eigenvalue weighted by molar-refractivity contribution is -0.144. The Bertz CT molecular complexity index is 3220. The minimum absolute atomic E-state index is 0.0585. The summed E-state index contributed by atoms with van der Waals surface area (Å²) < 4.78 is 88.3. The maximum atomic E-state index is 12.8. The Kier molecular flexibility index (Phi) is 17.1. The molecule has 26 heteroatoms. The first-order chi connectivity index (χ1) is 35.6. The zero-order chi connectivity index (χ0) is 55.5. The van der Waals surface area contributed by atoms with Crippen LogP contribution in [0.15, 0.2) is 75.0 Å². The maximum absolute atomic E-state index is 12.8. The van der Waals surface area contributed by atoms with E-state index in [9.17, 15) is 45.5 Å². The third kappa shape index (κ3) is 14.2. The molecule has 3 saturated heterocycles. The van der Waals surface area contributed by atoms with E-state index in [-0.39, 0.29) is 30.8 Å². The van der Waals surface area contributed by atoms with Gasteiger partial charge in [0.1, 0.15) is 11.3 Å². The number of fused-ring (bicyclic) bond motifs is 2. The Morgan fingerprint density at radius 2 is 1.16 bits per heavy atom. The number of H-pyrrole nitrogens is 2. The lowest BCUT2D eigenvalue weighted by atomic mass is 9.76. The second kappa shape index (κ2) is 22.8. The fourth-order valence-corrected chi connectivity index (χ4v) is 9.11. The van der Waals surface area contributed by atoms with Crippen LogP contribution in [-0.4, -0.2) is 123 Å². The van der Waals surface area contributed by atoms with E-state index < -0.39 is 67.4 Å². The van der Waals surface area contributed by atoms with Crippen LogP contribution in [-0.2, 0) is 9.31 Å². The fraction of sp³-hybridized carbons (Fsp3) is 0.440. The number of aryl methyl sites for hydroxylation is 2. The van der Waals surface area contributed by atoms with Gasteiger partial charge in [0.15, 0.2) is 0 Å². The molecule has 0 radical (unpaired) electrons. The topological polar surface area (TPSA) is 224 Å². The van der Waals surface area contributed by atoms with Gasteiger partial charge in [-0.15, -0.1) is 0 Å². The molecule has 7 heterocycles. The summed E-state index contributed by atoms with van der Waals surface area (Å²) >= 11 is 3.14. The highest BCUT2D eigenvalue weighted by molar-refractivity contribution is 9.10. The van der Waals surface area contributed by atoms with Gasteiger partial charge < -0.3 is 50.3 Å². The van der Waals surface area contributed by atoms with E-state index in [2.05, 4.69) is 67.1 Å². The van der Waals surface area contributed by atoms with Crippen molar-refractivity contribution < 1.29 is 45.2 Å². The maximum Gasteiger partial charge on any atom is 0.495 e. The number of carbonyl (C=O) groups is 2. The molecule has 0 aliphatic carbocycles. The predicted molar refractivity (Wildman–Crippen MR) is 283 cm³/mol. The molecule has 9 rings (SSSR count). The smallest absolute Gasteiger partial charge is 0.399 e. The molecule has 3 aliphatic heterocycles. The van der Waals surface area contributed by atoms with Crippen LogP contribution in [0.4, 0.5) is 59.2 Å².